The maximum Gasteiger partial charge on any atom is 0.253 e. The molecule has 134 valence electrons. The molecule has 3 heteroatoms. The zero-order valence-corrected chi connectivity index (χ0v) is 15.8. The minimum absolute atomic E-state index is 0.152. The van der Waals surface area contributed by atoms with Crippen molar-refractivity contribution in [1.82, 2.24) is 10.3 Å². The summed E-state index contributed by atoms with van der Waals surface area (Å²) in [6.07, 6.45) is 1.73. The molecule has 3 nitrogen and oxygen atoms in total. The maximum atomic E-state index is 13.1. The molecule has 0 saturated heterocycles. The monoisotopic (exact) mass is 354 g/mol. The number of pyridine rings is 1. The minimum atomic E-state index is -0.593. The van der Waals surface area contributed by atoms with Gasteiger partial charge in [0.2, 0.25) is 0 Å². The van der Waals surface area contributed by atoms with Gasteiger partial charge in [-0.2, -0.15) is 0 Å². The Morgan fingerprint density at radius 2 is 1.67 bits per heavy atom. The van der Waals surface area contributed by atoms with Gasteiger partial charge in [-0.1, -0.05) is 48.2 Å². The number of nitrogens with one attached hydrogen (secondary N) is 1. The molecule has 1 N–H and O–H groups in total. The van der Waals surface area contributed by atoms with E-state index in [4.69, 9.17) is 0 Å². The van der Waals surface area contributed by atoms with Gasteiger partial charge in [-0.3, -0.25) is 9.78 Å². The van der Waals surface area contributed by atoms with E-state index in [1.165, 1.54) is 0 Å². The van der Waals surface area contributed by atoms with E-state index in [2.05, 4.69) is 22.1 Å². The molecule has 0 spiro atoms. The van der Waals surface area contributed by atoms with Crippen LogP contribution in [0.1, 0.15) is 46.6 Å². The second kappa shape index (κ2) is 7.88. The predicted molar refractivity (Wildman–Crippen MR) is 108 cm³/mol. The lowest BCUT2D eigenvalue weighted by molar-refractivity contribution is 0.0909. The third-order valence-electron chi connectivity index (χ3n) is 4.35. The van der Waals surface area contributed by atoms with Crippen LogP contribution < -0.4 is 5.32 Å². The molecule has 1 aromatic heterocycles. The average Bonchev–Trinajstić information content (AvgIpc) is 2.67. The van der Waals surface area contributed by atoms with Crippen molar-refractivity contribution in [3.05, 3.63) is 101 Å². The van der Waals surface area contributed by atoms with Crippen molar-refractivity contribution in [2.45, 2.75) is 26.3 Å². The quantitative estimate of drug-likeness (QED) is 0.706. The van der Waals surface area contributed by atoms with Crippen LogP contribution in [0.3, 0.4) is 0 Å². The van der Waals surface area contributed by atoms with Gasteiger partial charge in [-0.05, 0) is 56.7 Å². The first-order valence-electron chi connectivity index (χ1n) is 8.88. The van der Waals surface area contributed by atoms with Crippen molar-refractivity contribution in [2.24, 2.45) is 0 Å². The molecule has 0 radical (unpaired) electrons. The minimum Gasteiger partial charge on any atom is -0.341 e. The molecule has 0 saturated carbocycles. The Kier molecular flexibility index (Phi) is 5.38. The molecule has 0 atom stereocenters. The number of aromatic nitrogens is 1. The van der Waals surface area contributed by atoms with Crippen LogP contribution in [0, 0.1) is 18.8 Å². The standard InChI is InChI=1S/C24H22N2O/c1-18-10-9-13-20(16-15-19-11-5-4-6-12-19)22(18)23(27)26-24(2,3)21-14-7-8-17-25-21/h4-14,17H,1-3H3,(H,26,27). The van der Waals surface area contributed by atoms with E-state index >= 15 is 0 Å². The number of amides is 1. The second-order valence-corrected chi connectivity index (χ2v) is 6.91. The average molecular weight is 354 g/mol. The van der Waals surface area contributed by atoms with Gasteiger partial charge in [-0.15, -0.1) is 0 Å². The number of rotatable bonds is 3. The number of nitrogens with zero attached hydrogens (tertiary/aromatic N) is 1. The molecule has 3 aromatic rings. The molecule has 1 amide bonds. The normalized spacial score (nSPS) is 10.6. The third kappa shape index (κ3) is 4.43. The van der Waals surface area contributed by atoms with Crippen LogP contribution in [0.15, 0.2) is 72.9 Å². The van der Waals surface area contributed by atoms with Gasteiger partial charge in [-0.25, -0.2) is 0 Å². The van der Waals surface area contributed by atoms with Crippen LogP contribution in [0.25, 0.3) is 0 Å². The lowest BCUT2D eigenvalue weighted by Gasteiger charge is -2.26. The molecular formula is C24H22N2O. The first-order valence-corrected chi connectivity index (χ1v) is 8.88. The van der Waals surface area contributed by atoms with E-state index in [1.807, 2.05) is 87.5 Å². The zero-order valence-electron chi connectivity index (χ0n) is 15.8. The van der Waals surface area contributed by atoms with Crippen molar-refractivity contribution >= 4 is 5.91 Å². The molecule has 0 unspecified atom stereocenters. The fourth-order valence-corrected chi connectivity index (χ4v) is 2.88. The second-order valence-electron chi connectivity index (χ2n) is 6.91. The van der Waals surface area contributed by atoms with E-state index < -0.39 is 5.54 Å². The number of hydrogen-bond acceptors (Lipinski definition) is 2. The number of aryl methyl sites for hydroxylation is 1. The van der Waals surface area contributed by atoms with Crippen molar-refractivity contribution in [1.29, 1.82) is 0 Å². The van der Waals surface area contributed by atoms with Crippen LogP contribution in [0.5, 0.6) is 0 Å². The van der Waals surface area contributed by atoms with Gasteiger partial charge < -0.3 is 5.32 Å². The maximum absolute atomic E-state index is 13.1. The summed E-state index contributed by atoms with van der Waals surface area (Å²) in [6, 6.07) is 21.2. The molecule has 0 aliphatic rings. The highest BCUT2D eigenvalue weighted by atomic mass is 16.1. The van der Waals surface area contributed by atoms with E-state index in [-0.39, 0.29) is 5.91 Å². The van der Waals surface area contributed by atoms with Crippen molar-refractivity contribution in [2.75, 3.05) is 0 Å². The molecule has 27 heavy (non-hydrogen) atoms. The van der Waals surface area contributed by atoms with Crippen LogP contribution in [-0.2, 0) is 5.54 Å². The lowest BCUT2D eigenvalue weighted by atomic mass is 9.96. The Labute approximate surface area is 160 Å². The van der Waals surface area contributed by atoms with Gasteiger partial charge in [0.15, 0.2) is 0 Å². The zero-order chi connectivity index (χ0) is 19.3. The molecule has 0 fully saturated rings. The molecule has 3 rings (SSSR count). The smallest absolute Gasteiger partial charge is 0.253 e. The number of hydrogen-bond donors (Lipinski definition) is 1. The summed E-state index contributed by atoms with van der Waals surface area (Å²) in [5, 5.41) is 3.10. The summed E-state index contributed by atoms with van der Waals surface area (Å²) in [6.45, 7) is 5.82. The summed E-state index contributed by atoms with van der Waals surface area (Å²) < 4.78 is 0. The van der Waals surface area contributed by atoms with E-state index in [0.717, 1.165) is 16.8 Å². The number of benzene rings is 2. The van der Waals surface area contributed by atoms with Crippen LogP contribution in [0.4, 0.5) is 0 Å². The van der Waals surface area contributed by atoms with Gasteiger partial charge >= 0.3 is 0 Å². The summed E-state index contributed by atoms with van der Waals surface area (Å²) in [5.41, 5.74) is 3.34. The molecule has 0 aliphatic carbocycles. The predicted octanol–water partition coefficient (Wildman–Crippen LogP) is 4.45. The first kappa shape index (κ1) is 18.4. The molecular weight excluding hydrogens is 332 g/mol. The summed E-state index contributed by atoms with van der Waals surface area (Å²) in [5.74, 6) is 6.13. The molecule has 1 heterocycles. The molecule has 2 aromatic carbocycles. The largest absolute Gasteiger partial charge is 0.341 e. The van der Waals surface area contributed by atoms with E-state index in [0.29, 0.717) is 11.1 Å². The summed E-state index contributed by atoms with van der Waals surface area (Å²) in [7, 11) is 0. The van der Waals surface area contributed by atoms with Crippen molar-refractivity contribution < 1.29 is 4.79 Å². The van der Waals surface area contributed by atoms with Crippen LogP contribution in [0.2, 0.25) is 0 Å². The Hall–Kier alpha value is -3.38. The van der Waals surface area contributed by atoms with E-state index in [1.54, 1.807) is 6.20 Å². The topological polar surface area (TPSA) is 42.0 Å². The van der Waals surface area contributed by atoms with Gasteiger partial charge in [0.05, 0.1) is 16.8 Å². The van der Waals surface area contributed by atoms with Gasteiger partial charge in [0.1, 0.15) is 0 Å². The first-order chi connectivity index (χ1) is 13.0. The SMILES string of the molecule is Cc1cccc(C#Cc2ccccc2)c1C(=O)NC(C)(C)c1ccccn1. The highest BCUT2D eigenvalue weighted by Gasteiger charge is 2.26. The van der Waals surface area contributed by atoms with Crippen LogP contribution in [-0.4, -0.2) is 10.9 Å². The Morgan fingerprint density at radius 3 is 2.37 bits per heavy atom. The lowest BCUT2D eigenvalue weighted by Crippen LogP contribution is -2.42. The highest BCUT2D eigenvalue weighted by Crippen LogP contribution is 2.20. The van der Waals surface area contributed by atoms with Crippen molar-refractivity contribution in [3.8, 4) is 11.8 Å². The third-order valence-corrected chi connectivity index (χ3v) is 4.35. The van der Waals surface area contributed by atoms with E-state index in [9.17, 15) is 4.79 Å². The Balaban J connectivity index is 1.92. The van der Waals surface area contributed by atoms with Crippen molar-refractivity contribution in [3.63, 3.8) is 0 Å². The van der Waals surface area contributed by atoms with Gasteiger partial charge in [0, 0.05) is 17.3 Å². The van der Waals surface area contributed by atoms with Crippen LogP contribution >= 0.6 is 0 Å². The Bertz CT molecular complexity index is 997. The fraction of sp³-hybridized carbons (Fsp3) is 0.167. The van der Waals surface area contributed by atoms with Gasteiger partial charge in [0.25, 0.3) is 5.91 Å². The Morgan fingerprint density at radius 1 is 0.926 bits per heavy atom. The highest BCUT2D eigenvalue weighted by molar-refractivity contribution is 5.98. The molecule has 0 aliphatic heterocycles. The number of carbonyl (C=O) groups excluding carboxylic acids is 1. The summed E-state index contributed by atoms with van der Waals surface area (Å²) in [4.78, 5) is 17.5. The fourth-order valence-electron chi connectivity index (χ4n) is 2.88. The number of carbonyl (C=O) groups is 1. The summed E-state index contributed by atoms with van der Waals surface area (Å²) >= 11 is 0. The molecule has 0 bridgehead atoms.